The molecule has 1 unspecified atom stereocenters. The molecule has 0 amide bonds. The smallest absolute Gasteiger partial charge is 0.0706 e. The second-order valence-electron chi connectivity index (χ2n) is 5.48. The predicted octanol–water partition coefficient (Wildman–Crippen LogP) is 3.14. The van der Waals surface area contributed by atoms with Gasteiger partial charge in [0.25, 0.3) is 0 Å². The summed E-state index contributed by atoms with van der Waals surface area (Å²) in [6, 6.07) is 0. The molecule has 1 aliphatic carbocycles. The van der Waals surface area contributed by atoms with E-state index in [4.69, 9.17) is 15.7 Å². The Morgan fingerprint density at radius 2 is 1.77 bits per heavy atom. The third-order valence-electron chi connectivity index (χ3n) is 3.47. The van der Waals surface area contributed by atoms with Crippen LogP contribution in [0.1, 0.15) is 46.5 Å². The largest absolute Gasteiger partial charge is 0.0766 e. The Morgan fingerprint density at radius 3 is 2.38 bits per heavy atom. The molecule has 0 aliphatic heterocycles. The summed E-state index contributed by atoms with van der Waals surface area (Å²) in [7, 11) is 12.2. The maximum atomic E-state index is 6.15. The monoisotopic (exact) mass is 174 g/mol. The minimum atomic E-state index is 0.222. The van der Waals surface area contributed by atoms with Crippen LogP contribution in [0.4, 0.5) is 0 Å². The van der Waals surface area contributed by atoms with E-state index < -0.39 is 0 Å². The van der Waals surface area contributed by atoms with Crippen LogP contribution in [-0.2, 0) is 0 Å². The zero-order valence-electron chi connectivity index (χ0n) is 9.22. The average molecular weight is 174 g/mol. The molecule has 0 saturated heterocycles. The lowest BCUT2D eigenvalue weighted by Gasteiger charge is -2.38. The summed E-state index contributed by atoms with van der Waals surface area (Å²) in [6.45, 7) is 6.77. The second-order valence-corrected chi connectivity index (χ2v) is 5.48. The van der Waals surface area contributed by atoms with Gasteiger partial charge >= 0.3 is 0 Å². The SMILES string of the molecule is [B][C@H]1CC(C)CC[C@@H]([B])C(C)(C)C1. The summed E-state index contributed by atoms with van der Waals surface area (Å²) >= 11 is 0. The van der Waals surface area contributed by atoms with E-state index in [1.807, 2.05) is 0 Å². The highest BCUT2D eigenvalue weighted by Gasteiger charge is 2.29. The molecule has 1 rings (SSSR count). The fourth-order valence-electron chi connectivity index (χ4n) is 2.40. The molecule has 0 aromatic heterocycles. The van der Waals surface area contributed by atoms with Crippen LogP contribution in [0.2, 0.25) is 11.6 Å². The quantitative estimate of drug-likeness (QED) is 0.494. The van der Waals surface area contributed by atoms with Crippen LogP contribution in [0, 0.1) is 11.3 Å². The van der Waals surface area contributed by atoms with Gasteiger partial charge in [-0.15, -0.1) is 0 Å². The summed E-state index contributed by atoms with van der Waals surface area (Å²) in [5.41, 5.74) is 0.222. The van der Waals surface area contributed by atoms with Crippen molar-refractivity contribution in [3.8, 4) is 0 Å². The topological polar surface area (TPSA) is 0 Å². The van der Waals surface area contributed by atoms with Gasteiger partial charge in [-0.1, -0.05) is 58.1 Å². The zero-order chi connectivity index (χ0) is 10.1. The zero-order valence-corrected chi connectivity index (χ0v) is 9.22. The van der Waals surface area contributed by atoms with Crippen molar-refractivity contribution < 1.29 is 0 Å². The first-order valence-corrected chi connectivity index (χ1v) is 5.43. The van der Waals surface area contributed by atoms with E-state index in [1.54, 1.807) is 0 Å². The second kappa shape index (κ2) is 4.11. The van der Waals surface area contributed by atoms with Crippen molar-refractivity contribution >= 4 is 15.7 Å². The average Bonchev–Trinajstić information content (AvgIpc) is 1.97. The summed E-state index contributed by atoms with van der Waals surface area (Å²) in [5.74, 6) is 1.41. The Morgan fingerprint density at radius 1 is 1.15 bits per heavy atom. The summed E-state index contributed by atoms with van der Waals surface area (Å²) < 4.78 is 0. The van der Waals surface area contributed by atoms with Crippen LogP contribution in [0.15, 0.2) is 0 Å². The van der Waals surface area contributed by atoms with Crippen molar-refractivity contribution in [2.24, 2.45) is 11.3 Å². The number of hydrogen-bond donors (Lipinski definition) is 0. The molecule has 0 spiro atoms. The van der Waals surface area contributed by atoms with Crippen LogP contribution in [0.5, 0.6) is 0 Å². The Hall–Kier alpha value is 0.130. The van der Waals surface area contributed by atoms with E-state index in [0.717, 1.165) is 25.2 Å². The van der Waals surface area contributed by atoms with E-state index in [-0.39, 0.29) is 5.41 Å². The normalized spacial score (nSPS) is 40.7. The standard InChI is InChI=1S/C11H20B2/c1-8-4-5-10(13)11(2,3)7-9(12)6-8/h8-10H,4-7H2,1-3H3/t8?,9-,10+/m0/s1. The van der Waals surface area contributed by atoms with Gasteiger partial charge in [0.15, 0.2) is 0 Å². The summed E-state index contributed by atoms with van der Waals surface area (Å²) in [6.07, 6.45) is 4.62. The van der Waals surface area contributed by atoms with Crippen molar-refractivity contribution in [2.45, 2.75) is 58.1 Å². The molecule has 1 aliphatic rings. The summed E-state index contributed by atoms with van der Waals surface area (Å²) in [5, 5.41) is 0. The number of hydrogen-bond acceptors (Lipinski definition) is 0. The van der Waals surface area contributed by atoms with Crippen molar-refractivity contribution in [1.82, 2.24) is 0 Å². The number of rotatable bonds is 0. The van der Waals surface area contributed by atoms with Crippen molar-refractivity contribution in [1.29, 1.82) is 0 Å². The molecule has 1 saturated carbocycles. The Balaban J connectivity index is 2.62. The molecular formula is C11H20B2. The highest BCUT2D eigenvalue weighted by Crippen LogP contribution is 2.44. The fraction of sp³-hybridized carbons (Fsp3) is 1.00. The molecule has 0 aromatic rings. The van der Waals surface area contributed by atoms with Gasteiger partial charge in [0, 0.05) is 0 Å². The van der Waals surface area contributed by atoms with Crippen LogP contribution >= 0.6 is 0 Å². The fourth-order valence-corrected chi connectivity index (χ4v) is 2.40. The van der Waals surface area contributed by atoms with Crippen LogP contribution < -0.4 is 0 Å². The van der Waals surface area contributed by atoms with Gasteiger partial charge in [-0.25, -0.2) is 0 Å². The molecule has 4 radical (unpaired) electrons. The Labute approximate surface area is 85.7 Å². The molecule has 2 heteroatoms. The third kappa shape index (κ3) is 3.07. The van der Waals surface area contributed by atoms with Crippen LogP contribution in [0.3, 0.4) is 0 Å². The molecule has 1 fully saturated rings. The van der Waals surface area contributed by atoms with Gasteiger partial charge in [-0.3, -0.25) is 0 Å². The molecule has 0 N–H and O–H groups in total. The van der Waals surface area contributed by atoms with E-state index in [9.17, 15) is 0 Å². The molecule has 0 heterocycles. The lowest BCUT2D eigenvalue weighted by Crippen LogP contribution is -2.25. The first-order chi connectivity index (χ1) is 5.92. The van der Waals surface area contributed by atoms with Crippen molar-refractivity contribution in [3.05, 3.63) is 0 Å². The predicted molar refractivity (Wildman–Crippen MR) is 60.4 cm³/mol. The lowest BCUT2D eigenvalue weighted by atomic mass is 9.56. The Kier molecular flexibility index (Phi) is 3.54. The maximum Gasteiger partial charge on any atom is 0.0706 e. The molecule has 3 atom stereocenters. The molecule has 0 bridgehead atoms. The Bertz CT molecular complexity index is 165. The van der Waals surface area contributed by atoms with Gasteiger partial charge in [-0.05, 0) is 11.3 Å². The van der Waals surface area contributed by atoms with E-state index >= 15 is 0 Å². The first kappa shape index (κ1) is 11.2. The van der Waals surface area contributed by atoms with Crippen molar-refractivity contribution in [3.63, 3.8) is 0 Å². The van der Waals surface area contributed by atoms with E-state index in [0.29, 0.717) is 11.6 Å². The molecule has 0 aromatic carbocycles. The highest BCUT2D eigenvalue weighted by molar-refractivity contribution is 6.13. The van der Waals surface area contributed by atoms with Gasteiger partial charge in [0.2, 0.25) is 0 Å². The summed E-state index contributed by atoms with van der Waals surface area (Å²) in [4.78, 5) is 0. The van der Waals surface area contributed by atoms with Gasteiger partial charge in [-0.2, -0.15) is 0 Å². The third-order valence-corrected chi connectivity index (χ3v) is 3.47. The van der Waals surface area contributed by atoms with E-state index in [2.05, 4.69) is 20.8 Å². The maximum absolute atomic E-state index is 6.15. The van der Waals surface area contributed by atoms with Crippen LogP contribution in [-0.4, -0.2) is 15.7 Å². The lowest BCUT2D eigenvalue weighted by molar-refractivity contribution is 0.245. The first-order valence-electron chi connectivity index (χ1n) is 5.43. The molecule has 70 valence electrons. The van der Waals surface area contributed by atoms with Gasteiger partial charge in [0.05, 0.1) is 15.7 Å². The van der Waals surface area contributed by atoms with Gasteiger partial charge in [0.1, 0.15) is 0 Å². The molecule has 13 heavy (non-hydrogen) atoms. The highest BCUT2D eigenvalue weighted by atomic mass is 14.3. The van der Waals surface area contributed by atoms with Crippen molar-refractivity contribution in [2.75, 3.05) is 0 Å². The minimum absolute atomic E-state index is 0.222. The minimum Gasteiger partial charge on any atom is -0.0766 e. The molecule has 0 nitrogen and oxygen atoms in total. The molecular weight excluding hydrogens is 154 g/mol. The van der Waals surface area contributed by atoms with Gasteiger partial charge < -0.3 is 0 Å². The van der Waals surface area contributed by atoms with E-state index in [1.165, 1.54) is 6.42 Å². The van der Waals surface area contributed by atoms with Crippen LogP contribution in [0.25, 0.3) is 0 Å².